The monoisotopic (exact) mass is 403 g/mol. The lowest BCUT2D eigenvalue weighted by Gasteiger charge is -2.21. The van der Waals surface area contributed by atoms with Gasteiger partial charge in [-0.1, -0.05) is 37.0 Å². The van der Waals surface area contributed by atoms with Crippen LogP contribution in [0.5, 0.6) is 5.75 Å². The molecule has 1 aromatic rings. The first-order valence-electron chi connectivity index (χ1n) is 8.14. The second-order valence-corrected chi connectivity index (χ2v) is 6.83. The van der Waals surface area contributed by atoms with Gasteiger partial charge >= 0.3 is 0 Å². The van der Waals surface area contributed by atoms with Crippen LogP contribution in [0.1, 0.15) is 33.6 Å². The largest absolute Gasteiger partial charge is 0.492 e. The Morgan fingerprint density at radius 3 is 2.42 bits per heavy atom. The minimum atomic E-state index is -0.719. The minimum Gasteiger partial charge on any atom is -0.492 e. The van der Waals surface area contributed by atoms with Crippen LogP contribution in [0, 0.1) is 5.92 Å². The molecule has 0 heterocycles. The summed E-state index contributed by atoms with van der Waals surface area (Å²) >= 11 is 11.8. The van der Waals surface area contributed by atoms with E-state index in [0.717, 1.165) is 0 Å². The molecule has 0 bridgehead atoms. The number of hydrogen-bond donors (Lipinski definition) is 3. The third kappa shape index (κ3) is 7.93. The smallest absolute Gasteiger partial charge is 0.261 e. The van der Waals surface area contributed by atoms with E-state index in [2.05, 4.69) is 16.2 Å². The van der Waals surface area contributed by atoms with Crippen LogP contribution >= 0.6 is 23.2 Å². The van der Waals surface area contributed by atoms with Gasteiger partial charge in [-0.05, 0) is 30.5 Å². The summed E-state index contributed by atoms with van der Waals surface area (Å²) in [7, 11) is 0. The van der Waals surface area contributed by atoms with E-state index in [9.17, 15) is 14.4 Å². The molecule has 0 fully saturated rings. The average Bonchev–Trinajstić information content (AvgIpc) is 2.55. The van der Waals surface area contributed by atoms with Crippen molar-refractivity contribution in [2.45, 2.75) is 39.7 Å². The second-order valence-electron chi connectivity index (χ2n) is 5.99. The molecule has 3 amide bonds. The Morgan fingerprint density at radius 1 is 1.15 bits per heavy atom. The molecular formula is C17H23Cl2N3O4. The number of ether oxygens (including phenoxy) is 1. The van der Waals surface area contributed by atoms with Gasteiger partial charge in [0.15, 0.2) is 0 Å². The van der Waals surface area contributed by atoms with Gasteiger partial charge in [0.05, 0.1) is 11.6 Å². The van der Waals surface area contributed by atoms with Gasteiger partial charge in [-0.15, -0.1) is 0 Å². The number of rotatable bonds is 8. The maximum Gasteiger partial charge on any atom is 0.261 e. The van der Waals surface area contributed by atoms with Crippen molar-refractivity contribution in [1.82, 2.24) is 16.2 Å². The summed E-state index contributed by atoms with van der Waals surface area (Å²) in [5.41, 5.74) is 4.63. The van der Waals surface area contributed by atoms with E-state index in [4.69, 9.17) is 27.9 Å². The van der Waals surface area contributed by atoms with Gasteiger partial charge in [0.2, 0.25) is 11.8 Å². The minimum absolute atomic E-state index is 0.117. The first kappa shape index (κ1) is 22.1. The molecule has 0 aliphatic heterocycles. The molecule has 26 heavy (non-hydrogen) atoms. The molecule has 0 aliphatic carbocycles. The van der Waals surface area contributed by atoms with Gasteiger partial charge in [-0.3, -0.25) is 25.2 Å². The summed E-state index contributed by atoms with van der Waals surface area (Å²) < 4.78 is 5.48. The van der Waals surface area contributed by atoms with Crippen molar-refractivity contribution in [1.29, 1.82) is 0 Å². The van der Waals surface area contributed by atoms with Crippen LogP contribution in [-0.4, -0.2) is 30.4 Å². The van der Waals surface area contributed by atoms with Crippen LogP contribution in [0.25, 0.3) is 0 Å². The van der Waals surface area contributed by atoms with E-state index in [1.54, 1.807) is 32.0 Å². The molecule has 3 N–H and O–H groups in total. The van der Waals surface area contributed by atoms with Crippen molar-refractivity contribution in [2.75, 3.05) is 6.61 Å². The van der Waals surface area contributed by atoms with Gasteiger partial charge in [-0.2, -0.15) is 0 Å². The summed E-state index contributed by atoms with van der Waals surface area (Å²) in [5, 5.41) is 3.44. The molecule has 1 rings (SSSR count). The first-order chi connectivity index (χ1) is 12.2. The zero-order valence-corrected chi connectivity index (χ0v) is 16.4. The number of carbonyl (C=O) groups is 3. The van der Waals surface area contributed by atoms with Crippen molar-refractivity contribution >= 4 is 40.9 Å². The Labute approximate surface area is 162 Å². The van der Waals surface area contributed by atoms with Crippen LogP contribution in [0.3, 0.4) is 0 Å². The van der Waals surface area contributed by atoms with Gasteiger partial charge in [0, 0.05) is 18.4 Å². The molecule has 0 spiro atoms. The van der Waals surface area contributed by atoms with Crippen LogP contribution < -0.4 is 20.9 Å². The maximum atomic E-state index is 12.0. The molecule has 144 valence electrons. The fraction of sp³-hybridized carbons (Fsp3) is 0.471. The molecule has 0 aromatic heterocycles. The molecule has 9 heteroatoms. The Kier molecular flexibility index (Phi) is 9.23. The Bertz CT molecular complexity index is 653. The molecule has 1 atom stereocenters. The molecular weight excluding hydrogens is 381 g/mol. The molecule has 1 aromatic carbocycles. The van der Waals surface area contributed by atoms with E-state index in [1.165, 1.54) is 6.92 Å². The SMILES string of the molecule is CC(=O)N[C@H](C(=O)NNC(=O)CCCOc1ccc(Cl)cc1Cl)C(C)C. The van der Waals surface area contributed by atoms with Gasteiger partial charge in [0.25, 0.3) is 5.91 Å². The molecule has 0 radical (unpaired) electrons. The van der Waals surface area contributed by atoms with Crippen LogP contribution in [0.2, 0.25) is 10.0 Å². The van der Waals surface area contributed by atoms with Crippen molar-refractivity contribution in [3.63, 3.8) is 0 Å². The predicted molar refractivity (Wildman–Crippen MR) is 99.9 cm³/mol. The number of amides is 3. The number of halogens is 2. The Hall–Kier alpha value is -1.99. The van der Waals surface area contributed by atoms with Crippen molar-refractivity contribution < 1.29 is 19.1 Å². The van der Waals surface area contributed by atoms with Crippen molar-refractivity contribution in [3.8, 4) is 5.75 Å². The quantitative estimate of drug-likeness (QED) is 0.458. The lowest BCUT2D eigenvalue weighted by Crippen LogP contribution is -2.54. The average molecular weight is 404 g/mol. The first-order valence-corrected chi connectivity index (χ1v) is 8.90. The van der Waals surface area contributed by atoms with Crippen LogP contribution in [-0.2, 0) is 14.4 Å². The van der Waals surface area contributed by atoms with Crippen molar-refractivity contribution in [2.24, 2.45) is 5.92 Å². The molecule has 7 nitrogen and oxygen atoms in total. The summed E-state index contributed by atoms with van der Waals surface area (Å²) in [5.74, 6) is -0.793. The Balaban J connectivity index is 2.31. The van der Waals surface area contributed by atoms with Gasteiger partial charge in [0.1, 0.15) is 11.8 Å². The van der Waals surface area contributed by atoms with E-state index in [0.29, 0.717) is 22.2 Å². The second kappa shape index (κ2) is 10.9. The molecule has 0 unspecified atom stereocenters. The van der Waals surface area contributed by atoms with E-state index in [-0.39, 0.29) is 30.8 Å². The van der Waals surface area contributed by atoms with Gasteiger partial charge in [-0.25, -0.2) is 0 Å². The van der Waals surface area contributed by atoms with Crippen molar-refractivity contribution in [3.05, 3.63) is 28.2 Å². The van der Waals surface area contributed by atoms with E-state index < -0.39 is 11.9 Å². The summed E-state index contributed by atoms with van der Waals surface area (Å²) in [6.45, 7) is 5.19. The lowest BCUT2D eigenvalue weighted by atomic mass is 10.0. The number of benzene rings is 1. The topological polar surface area (TPSA) is 96.5 Å². The van der Waals surface area contributed by atoms with Gasteiger partial charge < -0.3 is 10.1 Å². The molecule has 0 saturated carbocycles. The summed E-state index contributed by atoms with van der Waals surface area (Å²) in [6, 6.07) is 4.16. The summed E-state index contributed by atoms with van der Waals surface area (Å²) in [4.78, 5) is 34.9. The van der Waals surface area contributed by atoms with E-state index in [1.807, 2.05) is 0 Å². The third-order valence-corrected chi connectivity index (χ3v) is 3.86. The number of nitrogens with one attached hydrogen (secondary N) is 3. The lowest BCUT2D eigenvalue weighted by molar-refractivity contribution is -0.132. The standard InChI is InChI=1S/C17H23Cl2N3O4/c1-10(2)16(20-11(3)23)17(25)22-21-15(24)5-4-8-26-14-7-6-12(18)9-13(14)19/h6-7,9-10,16H,4-5,8H2,1-3H3,(H,20,23)(H,21,24)(H,22,25)/t16-/m0/s1. The molecule has 0 saturated heterocycles. The third-order valence-electron chi connectivity index (χ3n) is 3.33. The molecule has 0 aliphatic rings. The normalized spacial score (nSPS) is 11.6. The zero-order valence-electron chi connectivity index (χ0n) is 14.9. The van der Waals surface area contributed by atoms with Crippen LogP contribution in [0.15, 0.2) is 18.2 Å². The highest BCUT2D eigenvalue weighted by Crippen LogP contribution is 2.27. The highest BCUT2D eigenvalue weighted by Gasteiger charge is 2.23. The Morgan fingerprint density at radius 2 is 1.85 bits per heavy atom. The zero-order chi connectivity index (χ0) is 19.7. The highest BCUT2D eigenvalue weighted by molar-refractivity contribution is 6.35. The number of hydrazine groups is 1. The number of carbonyl (C=O) groups excluding carboxylic acids is 3. The summed E-state index contributed by atoms with van der Waals surface area (Å²) in [6.07, 6.45) is 0.581. The fourth-order valence-corrected chi connectivity index (χ4v) is 2.50. The number of hydrogen-bond acceptors (Lipinski definition) is 4. The highest BCUT2D eigenvalue weighted by atomic mass is 35.5. The van der Waals surface area contributed by atoms with E-state index >= 15 is 0 Å². The van der Waals surface area contributed by atoms with Crippen LogP contribution in [0.4, 0.5) is 0 Å². The predicted octanol–water partition coefficient (Wildman–Crippen LogP) is 2.46. The maximum absolute atomic E-state index is 12.0. The fourth-order valence-electron chi connectivity index (χ4n) is 2.03.